The predicted molar refractivity (Wildman–Crippen MR) is 73.6 cm³/mol. The van der Waals surface area contributed by atoms with Crippen molar-refractivity contribution in [3.63, 3.8) is 0 Å². The zero-order chi connectivity index (χ0) is 12.7. The Bertz CT molecular complexity index is 616. The quantitative estimate of drug-likeness (QED) is 0.926. The van der Waals surface area contributed by atoms with E-state index in [1.165, 1.54) is 6.42 Å². The number of pyridine rings is 1. The molecular formula is C13H14BrN3O. The van der Waals surface area contributed by atoms with Gasteiger partial charge in [-0.25, -0.2) is 4.98 Å². The Morgan fingerprint density at radius 1 is 1.50 bits per heavy atom. The van der Waals surface area contributed by atoms with E-state index < -0.39 is 0 Å². The summed E-state index contributed by atoms with van der Waals surface area (Å²) in [5.74, 6) is 0.341. The SMILES string of the molecule is Cc1c(Br)nc2ccc(NC(=O)C3CCC3)cn12. The van der Waals surface area contributed by atoms with Crippen molar-refractivity contribution >= 4 is 33.2 Å². The number of carbonyl (C=O) groups excluding carboxylic acids is 1. The molecule has 1 amide bonds. The first-order valence-electron chi connectivity index (χ1n) is 6.10. The minimum absolute atomic E-state index is 0.137. The Labute approximate surface area is 114 Å². The number of halogens is 1. The van der Waals surface area contributed by atoms with E-state index in [1.807, 2.05) is 29.7 Å². The molecule has 18 heavy (non-hydrogen) atoms. The van der Waals surface area contributed by atoms with Crippen LogP contribution in [0.15, 0.2) is 22.9 Å². The van der Waals surface area contributed by atoms with Crippen molar-refractivity contribution < 1.29 is 4.79 Å². The highest BCUT2D eigenvalue weighted by Crippen LogP contribution is 2.28. The molecule has 0 atom stereocenters. The lowest BCUT2D eigenvalue weighted by Gasteiger charge is -2.24. The fraction of sp³-hybridized carbons (Fsp3) is 0.385. The van der Waals surface area contributed by atoms with Crippen LogP contribution in [0.2, 0.25) is 0 Å². The smallest absolute Gasteiger partial charge is 0.227 e. The van der Waals surface area contributed by atoms with Gasteiger partial charge in [-0.15, -0.1) is 0 Å². The molecular weight excluding hydrogens is 294 g/mol. The van der Waals surface area contributed by atoms with Crippen molar-refractivity contribution in [1.29, 1.82) is 0 Å². The molecule has 1 N–H and O–H groups in total. The number of fused-ring (bicyclic) bond motifs is 1. The summed E-state index contributed by atoms with van der Waals surface area (Å²) in [6.45, 7) is 1.99. The second kappa shape index (κ2) is 4.39. The minimum atomic E-state index is 0.137. The molecule has 1 fully saturated rings. The van der Waals surface area contributed by atoms with Crippen molar-refractivity contribution in [2.45, 2.75) is 26.2 Å². The molecule has 3 rings (SSSR count). The van der Waals surface area contributed by atoms with E-state index in [1.54, 1.807) is 0 Å². The summed E-state index contributed by atoms with van der Waals surface area (Å²) < 4.78 is 2.81. The first-order chi connectivity index (χ1) is 8.65. The number of nitrogens with one attached hydrogen (secondary N) is 1. The van der Waals surface area contributed by atoms with Gasteiger partial charge >= 0.3 is 0 Å². The molecule has 0 spiro atoms. The number of anilines is 1. The maximum Gasteiger partial charge on any atom is 0.227 e. The van der Waals surface area contributed by atoms with Crippen LogP contribution in [-0.4, -0.2) is 15.3 Å². The summed E-state index contributed by atoms with van der Waals surface area (Å²) in [6, 6.07) is 3.80. The number of hydrogen-bond acceptors (Lipinski definition) is 2. The molecule has 2 heterocycles. The zero-order valence-corrected chi connectivity index (χ0v) is 11.7. The van der Waals surface area contributed by atoms with Gasteiger partial charge in [-0.1, -0.05) is 6.42 Å². The van der Waals surface area contributed by atoms with Crippen LogP contribution in [0, 0.1) is 12.8 Å². The van der Waals surface area contributed by atoms with Crippen LogP contribution in [-0.2, 0) is 4.79 Å². The third-order valence-corrected chi connectivity index (χ3v) is 4.29. The van der Waals surface area contributed by atoms with Gasteiger partial charge in [0.1, 0.15) is 10.3 Å². The van der Waals surface area contributed by atoms with Gasteiger partial charge in [0.15, 0.2) is 0 Å². The van der Waals surface area contributed by atoms with Gasteiger partial charge in [0.25, 0.3) is 0 Å². The average Bonchev–Trinajstić information content (AvgIpc) is 2.53. The number of imidazole rings is 1. The number of carbonyl (C=O) groups is 1. The molecule has 0 bridgehead atoms. The summed E-state index contributed by atoms with van der Waals surface area (Å²) in [5.41, 5.74) is 2.73. The molecule has 4 nitrogen and oxygen atoms in total. The predicted octanol–water partition coefficient (Wildman–Crippen LogP) is 3.14. The highest BCUT2D eigenvalue weighted by Gasteiger charge is 2.25. The molecule has 94 valence electrons. The summed E-state index contributed by atoms with van der Waals surface area (Å²) >= 11 is 3.41. The van der Waals surface area contributed by atoms with E-state index in [-0.39, 0.29) is 11.8 Å². The first kappa shape index (κ1) is 11.7. The van der Waals surface area contributed by atoms with Gasteiger partial charge in [0, 0.05) is 12.1 Å². The fourth-order valence-corrected chi connectivity index (χ4v) is 2.49. The van der Waals surface area contributed by atoms with Crippen LogP contribution < -0.4 is 5.32 Å². The second-order valence-corrected chi connectivity index (χ2v) is 5.50. The lowest BCUT2D eigenvalue weighted by Crippen LogP contribution is -2.28. The molecule has 1 saturated carbocycles. The van der Waals surface area contributed by atoms with Gasteiger partial charge < -0.3 is 9.72 Å². The largest absolute Gasteiger partial charge is 0.325 e. The van der Waals surface area contributed by atoms with Gasteiger partial charge in [0.05, 0.1) is 11.4 Å². The minimum Gasteiger partial charge on any atom is -0.325 e. The van der Waals surface area contributed by atoms with Gasteiger partial charge in [-0.3, -0.25) is 4.79 Å². The Morgan fingerprint density at radius 2 is 2.28 bits per heavy atom. The monoisotopic (exact) mass is 307 g/mol. The molecule has 0 saturated heterocycles. The van der Waals surface area contributed by atoms with Crippen LogP contribution in [0.3, 0.4) is 0 Å². The van der Waals surface area contributed by atoms with Gasteiger partial charge in [-0.05, 0) is 47.8 Å². The Hall–Kier alpha value is -1.36. The van der Waals surface area contributed by atoms with Crippen molar-refractivity contribution in [3.8, 4) is 0 Å². The molecule has 2 aromatic rings. The van der Waals surface area contributed by atoms with E-state index in [0.717, 1.165) is 34.5 Å². The average molecular weight is 308 g/mol. The number of aromatic nitrogens is 2. The summed E-state index contributed by atoms with van der Waals surface area (Å²) in [5, 5.41) is 2.97. The lowest BCUT2D eigenvalue weighted by molar-refractivity contribution is -0.122. The number of aryl methyl sites for hydroxylation is 1. The van der Waals surface area contributed by atoms with E-state index in [9.17, 15) is 4.79 Å². The second-order valence-electron chi connectivity index (χ2n) is 4.75. The molecule has 1 aliphatic rings. The first-order valence-corrected chi connectivity index (χ1v) is 6.89. The number of nitrogens with zero attached hydrogens (tertiary/aromatic N) is 2. The summed E-state index contributed by atoms with van der Waals surface area (Å²) in [4.78, 5) is 16.2. The molecule has 0 aliphatic heterocycles. The van der Waals surface area contributed by atoms with Crippen molar-refractivity contribution in [1.82, 2.24) is 9.38 Å². The third kappa shape index (κ3) is 1.92. The Kier molecular flexibility index (Phi) is 2.86. The summed E-state index contributed by atoms with van der Waals surface area (Å²) in [7, 11) is 0. The summed E-state index contributed by atoms with van der Waals surface area (Å²) in [6.07, 6.45) is 5.12. The van der Waals surface area contributed by atoms with Crippen molar-refractivity contribution in [2.75, 3.05) is 5.32 Å². The van der Waals surface area contributed by atoms with Crippen molar-refractivity contribution in [3.05, 3.63) is 28.6 Å². The normalized spacial score (nSPS) is 15.7. The third-order valence-electron chi connectivity index (χ3n) is 3.54. The Balaban J connectivity index is 1.88. The fourth-order valence-electron chi connectivity index (χ4n) is 2.12. The highest BCUT2D eigenvalue weighted by molar-refractivity contribution is 9.10. The molecule has 0 unspecified atom stereocenters. The molecule has 2 aromatic heterocycles. The van der Waals surface area contributed by atoms with Crippen LogP contribution >= 0.6 is 15.9 Å². The van der Waals surface area contributed by atoms with E-state index in [2.05, 4.69) is 26.2 Å². The lowest BCUT2D eigenvalue weighted by atomic mass is 9.85. The van der Waals surface area contributed by atoms with Crippen LogP contribution in [0.1, 0.15) is 25.0 Å². The van der Waals surface area contributed by atoms with Gasteiger partial charge in [-0.2, -0.15) is 0 Å². The molecule has 5 heteroatoms. The topological polar surface area (TPSA) is 46.4 Å². The van der Waals surface area contributed by atoms with E-state index in [4.69, 9.17) is 0 Å². The molecule has 0 aromatic carbocycles. The maximum absolute atomic E-state index is 11.9. The van der Waals surface area contributed by atoms with Crippen LogP contribution in [0.25, 0.3) is 5.65 Å². The highest BCUT2D eigenvalue weighted by atomic mass is 79.9. The molecule has 1 aliphatic carbocycles. The molecule has 0 radical (unpaired) electrons. The maximum atomic E-state index is 11.9. The Morgan fingerprint density at radius 3 is 2.94 bits per heavy atom. The van der Waals surface area contributed by atoms with Gasteiger partial charge in [0.2, 0.25) is 5.91 Å². The zero-order valence-electron chi connectivity index (χ0n) is 10.1. The van der Waals surface area contributed by atoms with E-state index >= 15 is 0 Å². The van der Waals surface area contributed by atoms with Crippen LogP contribution in [0.4, 0.5) is 5.69 Å². The number of rotatable bonds is 2. The van der Waals surface area contributed by atoms with Crippen LogP contribution in [0.5, 0.6) is 0 Å². The van der Waals surface area contributed by atoms with Crippen molar-refractivity contribution in [2.24, 2.45) is 5.92 Å². The van der Waals surface area contributed by atoms with E-state index in [0.29, 0.717) is 0 Å². The number of amides is 1. The number of hydrogen-bond donors (Lipinski definition) is 1. The standard InChI is InChI=1S/C13H14BrN3O/c1-8-12(14)16-11-6-5-10(7-17(8)11)15-13(18)9-3-2-4-9/h5-7,9H,2-4H2,1H3,(H,15,18).